The molecular weight excluding hydrogens is 218 g/mol. The predicted octanol–water partition coefficient (Wildman–Crippen LogP) is 1.92. The molecule has 0 aromatic heterocycles. The molecule has 1 unspecified atom stereocenters. The fourth-order valence-electron chi connectivity index (χ4n) is 1.70. The Balaban J connectivity index is 2.69. The number of benzene rings is 1. The molecule has 0 aliphatic carbocycles. The Morgan fingerprint density at radius 3 is 2.65 bits per heavy atom. The van der Waals surface area contributed by atoms with Gasteiger partial charge in [0.15, 0.2) is 0 Å². The van der Waals surface area contributed by atoms with Crippen LogP contribution in [0.2, 0.25) is 0 Å². The molecule has 96 valence electrons. The number of hydrogen-bond donors (Lipinski definition) is 2. The first-order valence-electron chi connectivity index (χ1n) is 5.77. The molecule has 4 heteroatoms. The molecule has 0 aliphatic heterocycles. The third kappa shape index (κ3) is 3.91. The zero-order valence-corrected chi connectivity index (χ0v) is 10.7. The van der Waals surface area contributed by atoms with Crippen LogP contribution in [0.25, 0.3) is 0 Å². The Morgan fingerprint density at radius 1 is 1.41 bits per heavy atom. The van der Waals surface area contributed by atoms with Crippen molar-refractivity contribution in [1.29, 1.82) is 0 Å². The molecule has 0 saturated heterocycles. The maximum Gasteiger partial charge on any atom is 0.123 e. The van der Waals surface area contributed by atoms with Crippen molar-refractivity contribution < 1.29 is 14.9 Å². The second-order valence-electron chi connectivity index (χ2n) is 4.19. The van der Waals surface area contributed by atoms with Crippen LogP contribution in [0.15, 0.2) is 18.2 Å². The van der Waals surface area contributed by atoms with Gasteiger partial charge in [-0.3, -0.25) is 0 Å². The Hall–Kier alpha value is -1.26. The summed E-state index contributed by atoms with van der Waals surface area (Å²) in [5.41, 5.74) is 1.49. The molecule has 0 saturated carbocycles. The molecule has 0 heterocycles. The highest BCUT2D eigenvalue weighted by Gasteiger charge is 2.09. The molecule has 0 spiro atoms. The zero-order chi connectivity index (χ0) is 12.8. The van der Waals surface area contributed by atoms with Crippen molar-refractivity contribution in [3.05, 3.63) is 23.8 Å². The average molecular weight is 239 g/mol. The fraction of sp³-hybridized carbons (Fsp3) is 0.538. The summed E-state index contributed by atoms with van der Waals surface area (Å²) in [6.07, 6.45) is 0.286. The van der Waals surface area contributed by atoms with Crippen LogP contribution in [0, 0.1) is 0 Å². The van der Waals surface area contributed by atoms with Gasteiger partial charge in [0.25, 0.3) is 0 Å². The summed E-state index contributed by atoms with van der Waals surface area (Å²) in [6.45, 7) is 3.22. The standard InChI is InChI=1S/C13H21NO3/c1-10(15)12-6-5-11(9-13(12)16)14(2)7-4-8-17-3/h5-6,9-10,15-16H,4,7-8H2,1-3H3. The molecule has 0 fully saturated rings. The van der Waals surface area contributed by atoms with Gasteiger partial charge in [-0.15, -0.1) is 0 Å². The first-order valence-corrected chi connectivity index (χ1v) is 5.77. The number of nitrogens with zero attached hydrogens (tertiary/aromatic N) is 1. The zero-order valence-electron chi connectivity index (χ0n) is 10.7. The molecule has 0 amide bonds. The highest BCUT2D eigenvalue weighted by Crippen LogP contribution is 2.28. The molecule has 1 atom stereocenters. The van der Waals surface area contributed by atoms with Gasteiger partial charge >= 0.3 is 0 Å². The lowest BCUT2D eigenvalue weighted by Gasteiger charge is -2.20. The molecule has 0 bridgehead atoms. The molecule has 17 heavy (non-hydrogen) atoms. The lowest BCUT2D eigenvalue weighted by Crippen LogP contribution is -2.19. The summed E-state index contributed by atoms with van der Waals surface area (Å²) < 4.78 is 4.99. The first-order chi connectivity index (χ1) is 8.06. The number of aliphatic hydroxyl groups excluding tert-OH is 1. The topological polar surface area (TPSA) is 52.9 Å². The maximum absolute atomic E-state index is 9.77. The normalized spacial score (nSPS) is 12.5. The summed E-state index contributed by atoms with van der Waals surface area (Å²) in [6, 6.07) is 5.32. The van der Waals surface area contributed by atoms with Gasteiger partial charge in [-0.1, -0.05) is 6.07 Å². The van der Waals surface area contributed by atoms with Crippen molar-refractivity contribution in [3.63, 3.8) is 0 Å². The average Bonchev–Trinajstić information content (AvgIpc) is 2.28. The molecule has 1 aromatic rings. The van der Waals surface area contributed by atoms with E-state index < -0.39 is 6.10 Å². The van der Waals surface area contributed by atoms with Gasteiger partial charge in [0.1, 0.15) is 5.75 Å². The van der Waals surface area contributed by atoms with Crippen LogP contribution in [-0.2, 0) is 4.74 Å². The quantitative estimate of drug-likeness (QED) is 0.745. The van der Waals surface area contributed by atoms with E-state index in [9.17, 15) is 10.2 Å². The van der Waals surface area contributed by atoms with Crippen molar-refractivity contribution in [2.75, 3.05) is 32.2 Å². The van der Waals surface area contributed by atoms with E-state index in [1.165, 1.54) is 0 Å². The Labute approximate surface area is 102 Å². The molecule has 0 radical (unpaired) electrons. The van der Waals surface area contributed by atoms with E-state index in [0.29, 0.717) is 5.56 Å². The smallest absolute Gasteiger partial charge is 0.123 e. The number of anilines is 1. The van der Waals surface area contributed by atoms with Crippen molar-refractivity contribution in [3.8, 4) is 5.75 Å². The number of aliphatic hydroxyl groups is 1. The number of aromatic hydroxyl groups is 1. The highest BCUT2D eigenvalue weighted by atomic mass is 16.5. The minimum Gasteiger partial charge on any atom is -0.507 e. The Bertz CT molecular complexity index is 353. The van der Waals surface area contributed by atoms with Crippen molar-refractivity contribution in [2.24, 2.45) is 0 Å². The van der Waals surface area contributed by atoms with E-state index >= 15 is 0 Å². The number of rotatable bonds is 6. The van der Waals surface area contributed by atoms with Crippen molar-refractivity contribution in [2.45, 2.75) is 19.4 Å². The van der Waals surface area contributed by atoms with E-state index in [0.717, 1.165) is 25.3 Å². The number of methoxy groups -OCH3 is 1. The van der Waals surface area contributed by atoms with E-state index in [2.05, 4.69) is 0 Å². The molecule has 4 nitrogen and oxygen atoms in total. The highest BCUT2D eigenvalue weighted by molar-refractivity contribution is 5.53. The van der Waals surface area contributed by atoms with Gasteiger partial charge in [-0.2, -0.15) is 0 Å². The summed E-state index contributed by atoms with van der Waals surface area (Å²) >= 11 is 0. The molecule has 2 N–H and O–H groups in total. The van der Waals surface area contributed by atoms with Gasteiger partial charge in [0.05, 0.1) is 6.10 Å². The summed E-state index contributed by atoms with van der Waals surface area (Å²) in [5.74, 6) is 0.135. The second kappa shape index (κ2) is 6.47. The monoisotopic (exact) mass is 239 g/mol. The SMILES string of the molecule is COCCCN(C)c1ccc(C(C)O)c(O)c1. The minimum absolute atomic E-state index is 0.135. The van der Waals surface area contributed by atoms with Crippen LogP contribution in [0.4, 0.5) is 5.69 Å². The van der Waals surface area contributed by atoms with Gasteiger partial charge in [0, 0.05) is 44.6 Å². The third-order valence-electron chi connectivity index (χ3n) is 2.75. The van der Waals surface area contributed by atoms with Crippen LogP contribution < -0.4 is 4.90 Å². The largest absolute Gasteiger partial charge is 0.507 e. The number of hydrogen-bond acceptors (Lipinski definition) is 4. The molecule has 0 aliphatic rings. The summed E-state index contributed by atoms with van der Waals surface area (Å²) in [7, 11) is 3.65. The third-order valence-corrected chi connectivity index (χ3v) is 2.75. The van der Waals surface area contributed by atoms with Gasteiger partial charge in [-0.05, 0) is 19.4 Å². The van der Waals surface area contributed by atoms with Crippen molar-refractivity contribution in [1.82, 2.24) is 0 Å². The predicted molar refractivity (Wildman–Crippen MR) is 68.5 cm³/mol. The first kappa shape index (κ1) is 13.8. The van der Waals surface area contributed by atoms with Crippen molar-refractivity contribution >= 4 is 5.69 Å². The van der Waals surface area contributed by atoms with E-state index in [-0.39, 0.29) is 5.75 Å². The fourth-order valence-corrected chi connectivity index (χ4v) is 1.70. The number of phenols is 1. The summed E-state index contributed by atoms with van der Waals surface area (Å²) in [5, 5.41) is 19.2. The van der Waals surface area contributed by atoms with Crippen LogP contribution in [-0.4, -0.2) is 37.5 Å². The van der Waals surface area contributed by atoms with Crippen LogP contribution >= 0.6 is 0 Å². The van der Waals surface area contributed by atoms with Crippen LogP contribution in [0.5, 0.6) is 5.75 Å². The van der Waals surface area contributed by atoms with Crippen LogP contribution in [0.1, 0.15) is 25.0 Å². The second-order valence-corrected chi connectivity index (χ2v) is 4.19. The van der Waals surface area contributed by atoms with Gasteiger partial charge in [-0.25, -0.2) is 0 Å². The molecule has 1 aromatic carbocycles. The lowest BCUT2D eigenvalue weighted by molar-refractivity contribution is 0.195. The van der Waals surface area contributed by atoms with E-state index in [1.807, 2.05) is 18.0 Å². The van der Waals surface area contributed by atoms with E-state index in [4.69, 9.17) is 4.74 Å². The molecule has 1 rings (SSSR count). The van der Waals surface area contributed by atoms with Crippen LogP contribution in [0.3, 0.4) is 0 Å². The number of ether oxygens (including phenoxy) is 1. The van der Waals surface area contributed by atoms with E-state index in [1.54, 1.807) is 26.2 Å². The summed E-state index contributed by atoms with van der Waals surface area (Å²) in [4.78, 5) is 2.05. The Morgan fingerprint density at radius 2 is 2.12 bits per heavy atom. The lowest BCUT2D eigenvalue weighted by atomic mass is 10.1. The molecular formula is C13H21NO3. The number of phenolic OH excluding ortho intramolecular Hbond substituents is 1. The van der Waals surface area contributed by atoms with Gasteiger partial charge in [0.2, 0.25) is 0 Å². The maximum atomic E-state index is 9.77. The van der Waals surface area contributed by atoms with Gasteiger partial charge < -0.3 is 19.8 Å². The minimum atomic E-state index is -0.650. The Kier molecular flexibility index (Phi) is 5.25.